The highest BCUT2D eigenvalue weighted by atomic mass is 16.5. The van der Waals surface area contributed by atoms with E-state index in [4.69, 9.17) is 5.21 Å². The van der Waals surface area contributed by atoms with Crippen LogP contribution in [-0.4, -0.2) is 28.6 Å². The number of hydroxylamine groups is 2. The van der Waals surface area contributed by atoms with E-state index in [-0.39, 0.29) is 11.8 Å². The van der Waals surface area contributed by atoms with E-state index >= 15 is 0 Å². The molecule has 0 aromatic heterocycles. The summed E-state index contributed by atoms with van der Waals surface area (Å²) < 4.78 is 0. The Hall–Kier alpha value is -0.410. The van der Waals surface area contributed by atoms with Crippen molar-refractivity contribution in [2.45, 2.75) is 18.9 Å². The fourth-order valence-electron chi connectivity index (χ4n) is 1.08. The third-order valence-corrected chi connectivity index (χ3v) is 1.60. The molecule has 0 saturated carbocycles. The van der Waals surface area contributed by atoms with Crippen molar-refractivity contribution in [3.05, 3.63) is 6.92 Å². The molecular weight excluding hydrogens is 118 g/mol. The first-order valence-corrected chi connectivity index (χ1v) is 3.03. The summed E-state index contributed by atoms with van der Waals surface area (Å²) in [5.41, 5.74) is 0. The quantitative estimate of drug-likeness (QED) is 0.550. The molecule has 0 bridgehead atoms. The first-order chi connectivity index (χ1) is 4.22. The molecule has 3 nitrogen and oxygen atoms in total. The second-order valence-electron chi connectivity index (χ2n) is 2.29. The SMILES string of the molecule is [CH2]C(=O)C1CCCN1O. The maximum Gasteiger partial charge on any atom is 0.152 e. The number of carbonyl (C=O) groups is 1. The van der Waals surface area contributed by atoms with Gasteiger partial charge in [0.05, 0.1) is 6.04 Å². The van der Waals surface area contributed by atoms with Crippen LogP contribution in [0.2, 0.25) is 0 Å². The van der Waals surface area contributed by atoms with Crippen LogP contribution < -0.4 is 0 Å². The minimum absolute atomic E-state index is 0.185. The van der Waals surface area contributed by atoms with Gasteiger partial charge in [-0.25, -0.2) is 0 Å². The van der Waals surface area contributed by atoms with Gasteiger partial charge >= 0.3 is 0 Å². The maximum atomic E-state index is 10.5. The third kappa shape index (κ3) is 1.28. The number of ketones is 1. The molecule has 1 atom stereocenters. The normalized spacial score (nSPS) is 28.9. The fraction of sp³-hybridized carbons (Fsp3) is 0.667. The minimum Gasteiger partial charge on any atom is -0.313 e. The molecule has 51 valence electrons. The van der Waals surface area contributed by atoms with Gasteiger partial charge in [0.1, 0.15) is 0 Å². The van der Waals surface area contributed by atoms with E-state index in [1.807, 2.05) is 0 Å². The molecule has 1 unspecified atom stereocenters. The van der Waals surface area contributed by atoms with Crippen molar-refractivity contribution in [1.29, 1.82) is 0 Å². The summed E-state index contributed by atoms with van der Waals surface area (Å²) in [6.07, 6.45) is 1.64. The van der Waals surface area contributed by atoms with Crippen molar-refractivity contribution in [3.8, 4) is 0 Å². The highest BCUT2D eigenvalue weighted by molar-refractivity contribution is 5.87. The molecular formula is C6H10NO2. The minimum atomic E-state index is -0.329. The van der Waals surface area contributed by atoms with E-state index in [1.54, 1.807) is 0 Å². The summed E-state index contributed by atoms with van der Waals surface area (Å²) in [6.45, 7) is 3.83. The van der Waals surface area contributed by atoms with E-state index in [0.29, 0.717) is 6.54 Å². The average molecular weight is 128 g/mol. The molecule has 3 heteroatoms. The number of hydrogen-bond acceptors (Lipinski definition) is 3. The van der Waals surface area contributed by atoms with Crippen LogP contribution in [0.5, 0.6) is 0 Å². The van der Waals surface area contributed by atoms with Crippen molar-refractivity contribution < 1.29 is 10.0 Å². The lowest BCUT2D eigenvalue weighted by Crippen LogP contribution is -2.31. The van der Waals surface area contributed by atoms with Crippen molar-refractivity contribution in [2.75, 3.05) is 6.54 Å². The molecule has 0 aromatic rings. The van der Waals surface area contributed by atoms with Crippen LogP contribution in [0.4, 0.5) is 0 Å². The summed E-state index contributed by atoms with van der Waals surface area (Å²) in [7, 11) is 0. The molecule has 1 heterocycles. The van der Waals surface area contributed by atoms with Gasteiger partial charge in [0, 0.05) is 13.5 Å². The first kappa shape index (κ1) is 6.71. The Morgan fingerprint density at radius 2 is 2.44 bits per heavy atom. The number of nitrogens with zero attached hydrogens (tertiary/aromatic N) is 1. The Labute approximate surface area is 54.2 Å². The molecule has 1 fully saturated rings. The van der Waals surface area contributed by atoms with Gasteiger partial charge < -0.3 is 5.21 Å². The molecule has 1 saturated heterocycles. The first-order valence-electron chi connectivity index (χ1n) is 3.03. The van der Waals surface area contributed by atoms with E-state index in [2.05, 4.69) is 6.92 Å². The van der Waals surface area contributed by atoms with Crippen LogP contribution in [-0.2, 0) is 4.79 Å². The van der Waals surface area contributed by atoms with Gasteiger partial charge in [-0.2, -0.15) is 5.06 Å². The predicted octanol–water partition coefficient (Wildman–Crippen LogP) is 0.243. The Morgan fingerprint density at radius 1 is 1.78 bits per heavy atom. The van der Waals surface area contributed by atoms with Crippen LogP contribution in [0.1, 0.15) is 12.8 Å². The average Bonchev–Trinajstić information content (AvgIpc) is 2.13. The monoisotopic (exact) mass is 128 g/mol. The summed E-state index contributed by atoms with van der Waals surface area (Å²) in [6, 6.07) is -0.329. The Bertz CT molecular complexity index is 124. The molecule has 1 radical (unpaired) electrons. The van der Waals surface area contributed by atoms with E-state index < -0.39 is 0 Å². The molecule has 0 aliphatic carbocycles. The Kier molecular flexibility index (Phi) is 1.83. The van der Waals surface area contributed by atoms with Gasteiger partial charge in [0.2, 0.25) is 0 Å². The highest BCUT2D eigenvalue weighted by Gasteiger charge is 2.26. The van der Waals surface area contributed by atoms with Crippen molar-refractivity contribution in [1.82, 2.24) is 5.06 Å². The fourth-order valence-corrected chi connectivity index (χ4v) is 1.08. The van der Waals surface area contributed by atoms with Gasteiger partial charge in [0.25, 0.3) is 0 Å². The van der Waals surface area contributed by atoms with Crippen LogP contribution in [0.25, 0.3) is 0 Å². The zero-order chi connectivity index (χ0) is 6.85. The molecule has 0 aromatic carbocycles. The van der Waals surface area contributed by atoms with Crippen molar-refractivity contribution in [3.63, 3.8) is 0 Å². The third-order valence-electron chi connectivity index (χ3n) is 1.60. The molecule has 1 aliphatic rings. The molecule has 1 rings (SSSR count). The van der Waals surface area contributed by atoms with Gasteiger partial charge in [-0.05, 0) is 12.8 Å². The highest BCUT2D eigenvalue weighted by Crippen LogP contribution is 2.14. The molecule has 1 aliphatic heterocycles. The zero-order valence-corrected chi connectivity index (χ0v) is 5.21. The zero-order valence-electron chi connectivity index (χ0n) is 5.21. The lowest BCUT2D eigenvalue weighted by atomic mass is 10.2. The number of carbonyl (C=O) groups excluding carboxylic acids is 1. The second-order valence-corrected chi connectivity index (χ2v) is 2.29. The van der Waals surface area contributed by atoms with Crippen LogP contribution >= 0.6 is 0 Å². The van der Waals surface area contributed by atoms with Gasteiger partial charge in [-0.1, -0.05) is 0 Å². The topological polar surface area (TPSA) is 40.5 Å². The molecule has 1 N–H and O–H groups in total. The van der Waals surface area contributed by atoms with E-state index in [0.717, 1.165) is 17.9 Å². The standard InChI is InChI=1S/C6H10NO2/c1-5(8)6-3-2-4-7(6)9/h6,9H,1-4H2. The summed E-state index contributed by atoms with van der Waals surface area (Å²) >= 11 is 0. The van der Waals surface area contributed by atoms with Gasteiger partial charge in [0.15, 0.2) is 5.78 Å². The van der Waals surface area contributed by atoms with Crippen molar-refractivity contribution in [2.24, 2.45) is 0 Å². The number of Topliss-reactive ketones (excluding diaryl/α,β-unsaturated/α-hetero) is 1. The summed E-state index contributed by atoms with van der Waals surface area (Å²) in [4.78, 5) is 10.5. The van der Waals surface area contributed by atoms with E-state index in [9.17, 15) is 4.79 Å². The molecule has 9 heavy (non-hydrogen) atoms. The Morgan fingerprint density at radius 3 is 2.67 bits per heavy atom. The van der Waals surface area contributed by atoms with Crippen LogP contribution in [0.15, 0.2) is 0 Å². The summed E-state index contributed by atoms with van der Waals surface area (Å²) in [5, 5.41) is 10.00. The number of rotatable bonds is 1. The lowest BCUT2D eigenvalue weighted by molar-refractivity contribution is -0.139. The largest absolute Gasteiger partial charge is 0.313 e. The smallest absolute Gasteiger partial charge is 0.152 e. The maximum absolute atomic E-state index is 10.5. The molecule has 0 spiro atoms. The van der Waals surface area contributed by atoms with E-state index in [1.165, 1.54) is 0 Å². The van der Waals surface area contributed by atoms with Crippen LogP contribution in [0.3, 0.4) is 0 Å². The van der Waals surface area contributed by atoms with Crippen molar-refractivity contribution >= 4 is 5.78 Å². The predicted molar refractivity (Wildman–Crippen MR) is 31.9 cm³/mol. The van der Waals surface area contributed by atoms with Crippen LogP contribution in [0, 0.1) is 6.92 Å². The van der Waals surface area contributed by atoms with Gasteiger partial charge in [-0.15, -0.1) is 0 Å². The second kappa shape index (κ2) is 2.45. The summed E-state index contributed by atoms with van der Waals surface area (Å²) in [5.74, 6) is -0.185. The number of hydrogen-bond donors (Lipinski definition) is 1. The Balaban J connectivity index is 2.49. The lowest BCUT2D eigenvalue weighted by Gasteiger charge is -2.12. The van der Waals surface area contributed by atoms with Gasteiger partial charge in [-0.3, -0.25) is 4.79 Å². The molecule has 0 amide bonds.